The SMILES string of the molecule is CCCCN(C(=O)C(NC(=O)OC(C)(C)C)C(C)C)C(C(=O)NCCC(=O)OCC)c1ccc(C)c(C)c1. The number of carbonyl (C=O) groups is 4. The summed E-state index contributed by atoms with van der Waals surface area (Å²) in [5.74, 6) is -1.44. The lowest BCUT2D eigenvalue weighted by atomic mass is 9.96. The third-order valence-corrected chi connectivity index (χ3v) is 5.98. The summed E-state index contributed by atoms with van der Waals surface area (Å²) >= 11 is 0. The summed E-state index contributed by atoms with van der Waals surface area (Å²) in [6, 6.07) is 3.82. The standard InChI is InChI=1S/C29H47N3O6/c1-10-12-17-32(27(35)24(19(3)4)31-28(36)38-29(7,8)9)25(22-14-13-20(5)21(6)18-22)26(34)30-16-15-23(33)37-11-2/h13-14,18-19,24-25H,10-12,15-17H2,1-9H3,(H,30,34)(H,31,36). The molecule has 0 aliphatic carbocycles. The number of esters is 1. The van der Waals surface area contributed by atoms with Crippen molar-refractivity contribution in [1.82, 2.24) is 15.5 Å². The van der Waals surface area contributed by atoms with E-state index in [-0.39, 0.29) is 31.4 Å². The minimum absolute atomic E-state index is 0.0248. The summed E-state index contributed by atoms with van der Waals surface area (Å²) in [4.78, 5) is 53.6. The highest BCUT2D eigenvalue weighted by molar-refractivity contribution is 5.92. The zero-order valence-electron chi connectivity index (χ0n) is 24.6. The Hall–Kier alpha value is -3.10. The molecule has 3 amide bonds. The van der Waals surface area contributed by atoms with Gasteiger partial charge in [-0.15, -0.1) is 0 Å². The molecule has 2 N–H and O–H groups in total. The molecule has 0 bridgehead atoms. The number of unbranched alkanes of at least 4 members (excludes halogenated alkanes) is 1. The molecule has 9 nitrogen and oxygen atoms in total. The van der Waals surface area contributed by atoms with E-state index in [1.807, 2.05) is 52.8 Å². The first-order valence-electron chi connectivity index (χ1n) is 13.5. The predicted molar refractivity (Wildman–Crippen MR) is 148 cm³/mol. The molecular formula is C29H47N3O6. The number of nitrogens with one attached hydrogen (secondary N) is 2. The second kappa shape index (κ2) is 15.3. The minimum atomic E-state index is -0.947. The molecule has 0 spiro atoms. The first-order chi connectivity index (χ1) is 17.7. The lowest BCUT2D eigenvalue weighted by molar-refractivity contribution is -0.144. The van der Waals surface area contributed by atoms with E-state index >= 15 is 0 Å². The topological polar surface area (TPSA) is 114 Å². The van der Waals surface area contributed by atoms with Gasteiger partial charge in [0.05, 0.1) is 13.0 Å². The molecule has 2 atom stereocenters. The number of benzene rings is 1. The van der Waals surface area contributed by atoms with Gasteiger partial charge < -0.3 is 25.0 Å². The lowest BCUT2D eigenvalue weighted by Gasteiger charge is -2.35. The Morgan fingerprint density at radius 3 is 2.21 bits per heavy atom. The normalized spacial score (nSPS) is 12.9. The van der Waals surface area contributed by atoms with Crippen LogP contribution in [0.15, 0.2) is 18.2 Å². The van der Waals surface area contributed by atoms with Crippen LogP contribution in [0.2, 0.25) is 0 Å². The van der Waals surface area contributed by atoms with Crippen molar-refractivity contribution in [1.29, 1.82) is 0 Å². The van der Waals surface area contributed by atoms with Crippen molar-refractivity contribution in [2.75, 3.05) is 19.7 Å². The van der Waals surface area contributed by atoms with E-state index in [0.717, 1.165) is 17.5 Å². The van der Waals surface area contributed by atoms with Crippen molar-refractivity contribution in [2.45, 2.75) is 99.3 Å². The van der Waals surface area contributed by atoms with Gasteiger partial charge in [0.1, 0.15) is 17.7 Å². The monoisotopic (exact) mass is 533 g/mol. The van der Waals surface area contributed by atoms with Gasteiger partial charge in [0.2, 0.25) is 11.8 Å². The van der Waals surface area contributed by atoms with Crippen LogP contribution < -0.4 is 10.6 Å². The first-order valence-corrected chi connectivity index (χ1v) is 13.5. The molecule has 1 aromatic carbocycles. The predicted octanol–water partition coefficient (Wildman–Crippen LogP) is 4.59. The number of carbonyl (C=O) groups excluding carboxylic acids is 4. The van der Waals surface area contributed by atoms with Gasteiger partial charge in [-0.2, -0.15) is 0 Å². The molecular weight excluding hydrogens is 486 g/mol. The minimum Gasteiger partial charge on any atom is -0.466 e. The molecule has 0 radical (unpaired) electrons. The van der Waals surface area contributed by atoms with Crippen LogP contribution in [-0.2, 0) is 23.9 Å². The van der Waals surface area contributed by atoms with Gasteiger partial charge in [-0.25, -0.2) is 4.79 Å². The van der Waals surface area contributed by atoms with Gasteiger partial charge in [0.15, 0.2) is 0 Å². The van der Waals surface area contributed by atoms with E-state index in [9.17, 15) is 19.2 Å². The van der Waals surface area contributed by atoms with Crippen molar-refractivity contribution in [3.05, 3.63) is 34.9 Å². The Morgan fingerprint density at radius 1 is 1.03 bits per heavy atom. The molecule has 9 heteroatoms. The summed E-state index contributed by atoms with van der Waals surface area (Å²) in [5.41, 5.74) is 1.98. The Labute approximate surface area is 228 Å². The molecule has 214 valence electrons. The third-order valence-electron chi connectivity index (χ3n) is 5.98. The van der Waals surface area contributed by atoms with Gasteiger partial charge in [-0.1, -0.05) is 45.4 Å². The number of aryl methyl sites for hydroxylation is 2. The van der Waals surface area contributed by atoms with E-state index in [0.29, 0.717) is 18.5 Å². The molecule has 0 aromatic heterocycles. The number of rotatable bonds is 13. The molecule has 0 saturated carbocycles. The van der Waals surface area contributed by atoms with Crippen LogP contribution in [0.5, 0.6) is 0 Å². The molecule has 0 fully saturated rings. The van der Waals surface area contributed by atoms with Gasteiger partial charge in [-0.3, -0.25) is 14.4 Å². The van der Waals surface area contributed by atoms with Crippen molar-refractivity contribution < 1.29 is 28.7 Å². The maximum Gasteiger partial charge on any atom is 0.408 e. The highest BCUT2D eigenvalue weighted by Gasteiger charge is 2.37. The fourth-order valence-electron chi connectivity index (χ4n) is 3.85. The number of hydrogen-bond acceptors (Lipinski definition) is 6. The van der Waals surface area contributed by atoms with Gasteiger partial charge >= 0.3 is 12.1 Å². The average Bonchev–Trinajstić information content (AvgIpc) is 2.80. The van der Waals surface area contributed by atoms with E-state index < -0.39 is 35.7 Å². The van der Waals surface area contributed by atoms with E-state index in [4.69, 9.17) is 9.47 Å². The Balaban J connectivity index is 3.42. The van der Waals surface area contributed by atoms with Crippen LogP contribution >= 0.6 is 0 Å². The van der Waals surface area contributed by atoms with Gasteiger partial charge in [0, 0.05) is 13.1 Å². The van der Waals surface area contributed by atoms with Crippen LogP contribution in [0.1, 0.15) is 90.5 Å². The lowest BCUT2D eigenvalue weighted by Crippen LogP contribution is -2.55. The van der Waals surface area contributed by atoms with Crippen LogP contribution in [0, 0.1) is 19.8 Å². The fraction of sp³-hybridized carbons (Fsp3) is 0.655. The van der Waals surface area contributed by atoms with Crippen LogP contribution in [0.4, 0.5) is 4.79 Å². The number of nitrogens with zero attached hydrogens (tertiary/aromatic N) is 1. The number of ether oxygens (including phenoxy) is 2. The van der Waals surface area contributed by atoms with Crippen molar-refractivity contribution in [3.8, 4) is 0 Å². The van der Waals surface area contributed by atoms with E-state index in [2.05, 4.69) is 10.6 Å². The summed E-state index contributed by atoms with van der Waals surface area (Å²) < 4.78 is 10.4. The van der Waals surface area contributed by atoms with E-state index in [1.54, 1.807) is 27.7 Å². The second-order valence-electron chi connectivity index (χ2n) is 10.8. The van der Waals surface area contributed by atoms with Crippen molar-refractivity contribution in [3.63, 3.8) is 0 Å². The van der Waals surface area contributed by atoms with Crippen molar-refractivity contribution >= 4 is 23.9 Å². The maximum absolute atomic E-state index is 14.0. The highest BCUT2D eigenvalue weighted by atomic mass is 16.6. The number of amides is 3. The molecule has 1 rings (SSSR count). The Bertz CT molecular complexity index is 954. The molecule has 0 heterocycles. The summed E-state index contributed by atoms with van der Waals surface area (Å²) in [6.45, 7) is 17.3. The van der Waals surface area contributed by atoms with Crippen LogP contribution in [-0.4, -0.2) is 60.1 Å². The van der Waals surface area contributed by atoms with Crippen LogP contribution in [0.25, 0.3) is 0 Å². The number of alkyl carbamates (subject to hydrolysis) is 1. The Kier molecular flexibility index (Phi) is 13.3. The summed E-state index contributed by atoms with van der Waals surface area (Å²) in [6.07, 6.45) is 0.804. The van der Waals surface area contributed by atoms with Gasteiger partial charge in [0.25, 0.3) is 0 Å². The number of hydrogen-bond donors (Lipinski definition) is 2. The zero-order valence-corrected chi connectivity index (χ0v) is 24.6. The van der Waals surface area contributed by atoms with E-state index in [1.165, 1.54) is 4.90 Å². The quantitative estimate of drug-likeness (QED) is 0.359. The third kappa shape index (κ3) is 10.7. The summed E-state index contributed by atoms with van der Waals surface area (Å²) in [5, 5.41) is 5.53. The molecule has 1 aromatic rings. The molecule has 38 heavy (non-hydrogen) atoms. The smallest absolute Gasteiger partial charge is 0.408 e. The van der Waals surface area contributed by atoms with Crippen LogP contribution in [0.3, 0.4) is 0 Å². The molecule has 0 saturated heterocycles. The molecule has 0 aliphatic rings. The van der Waals surface area contributed by atoms with Crippen molar-refractivity contribution in [2.24, 2.45) is 5.92 Å². The largest absolute Gasteiger partial charge is 0.466 e. The Morgan fingerprint density at radius 2 is 1.68 bits per heavy atom. The fourth-order valence-corrected chi connectivity index (χ4v) is 3.85. The van der Waals surface area contributed by atoms with Gasteiger partial charge in [-0.05, 0) is 70.6 Å². The maximum atomic E-state index is 14.0. The molecule has 2 unspecified atom stereocenters. The highest BCUT2D eigenvalue weighted by Crippen LogP contribution is 2.26. The molecule has 0 aliphatic heterocycles. The second-order valence-corrected chi connectivity index (χ2v) is 10.8. The summed E-state index contributed by atoms with van der Waals surface area (Å²) in [7, 11) is 0. The first kappa shape index (κ1) is 32.9. The zero-order chi connectivity index (χ0) is 29.0. The average molecular weight is 534 g/mol.